The molecule has 1 aliphatic rings. The predicted octanol–water partition coefficient (Wildman–Crippen LogP) is 3.16. The number of aromatic nitrogens is 3. The lowest BCUT2D eigenvalue weighted by molar-refractivity contribution is -0.135. The van der Waals surface area contributed by atoms with Crippen LogP contribution >= 0.6 is 11.6 Å². The van der Waals surface area contributed by atoms with Gasteiger partial charge in [-0.05, 0) is 55.5 Å². The zero-order valence-electron chi connectivity index (χ0n) is 19.0. The fraction of sp³-hybridized carbons (Fsp3) is 0.375. The molecule has 9 nitrogen and oxygen atoms in total. The molecule has 2 aromatic heterocycles. The number of nitrogens with two attached hydrogens (primary N) is 1. The molecule has 0 unspecified atom stereocenters. The first kappa shape index (κ1) is 23.7. The number of unbranched alkanes of at least 4 members (excludes halogenated alkanes) is 1. The highest BCUT2D eigenvalue weighted by Gasteiger charge is 2.34. The summed E-state index contributed by atoms with van der Waals surface area (Å²) in [7, 11) is 0. The second kappa shape index (κ2) is 10.2. The molecular formula is C24H27ClN6O3. The number of anilines is 1. The van der Waals surface area contributed by atoms with E-state index in [4.69, 9.17) is 17.3 Å². The summed E-state index contributed by atoms with van der Waals surface area (Å²) < 4.78 is 1.49. The minimum Gasteiger partial charge on any atom is -0.364 e. The first-order valence-corrected chi connectivity index (χ1v) is 11.7. The summed E-state index contributed by atoms with van der Waals surface area (Å²) in [6.45, 7) is 1.91. The second-order valence-corrected chi connectivity index (χ2v) is 8.86. The van der Waals surface area contributed by atoms with Gasteiger partial charge in [0.1, 0.15) is 24.1 Å². The lowest BCUT2D eigenvalue weighted by Gasteiger charge is -2.22. The Bertz CT molecular complexity index is 1240. The first-order chi connectivity index (χ1) is 16.4. The van der Waals surface area contributed by atoms with Crippen LogP contribution in [0.3, 0.4) is 0 Å². The van der Waals surface area contributed by atoms with Crippen molar-refractivity contribution < 1.29 is 14.4 Å². The summed E-state index contributed by atoms with van der Waals surface area (Å²) in [5.41, 5.74) is 7.46. The number of nitrogens with zero attached hydrogens (tertiary/aromatic N) is 4. The van der Waals surface area contributed by atoms with Crippen LogP contribution in [0.25, 0.3) is 10.9 Å². The summed E-state index contributed by atoms with van der Waals surface area (Å²) in [4.78, 5) is 43.4. The zero-order valence-corrected chi connectivity index (χ0v) is 19.7. The number of rotatable bonds is 10. The zero-order chi connectivity index (χ0) is 24.2. The number of hydrogen-bond donors (Lipinski definition) is 2. The number of carbonyl (C=O) groups excluding carboxylic acids is 3. The molecule has 0 radical (unpaired) electrons. The molecule has 2 heterocycles. The SMILES string of the molecule is CCCCc1ccc2c(c1)c(C(N)=O)nn2CC(=O)N(CC(=O)Nc1cccc(Cl)n1)C1CC1. The quantitative estimate of drug-likeness (QED) is 0.429. The van der Waals surface area contributed by atoms with Crippen LogP contribution < -0.4 is 11.1 Å². The molecular weight excluding hydrogens is 456 g/mol. The van der Waals surface area contributed by atoms with E-state index in [1.807, 2.05) is 18.2 Å². The number of halogens is 1. The van der Waals surface area contributed by atoms with Crippen LogP contribution in [0.5, 0.6) is 0 Å². The summed E-state index contributed by atoms with van der Waals surface area (Å²) in [5.74, 6) is -0.939. The van der Waals surface area contributed by atoms with Crippen molar-refractivity contribution in [3.05, 3.63) is 52.8 Å². The van der Waals surface area contributed by atoms with Gasteiger partial charge < -0.3 is 16.0 Å². The van der Waals surface area contributed by atoms with Crippen LogP contribution in [0.2, 0.25) is 5.15 Å². The summed E-state index contributed by atoms with van der Waals surface area (Å²) in [5, 5.41) is 7.91. The summed E-state index contributed by atoms with van der Waals surface area (Å²) >= 11 is 5.87. The third-order valence-corrected chi connectivity index (χ3v) is 5.97. The molecule has 1 aliphatic carbocycles. The smallest absolute Gasteiger partial charge is 0.269 e. The average Bonchev–Trinajstić information content (AvgIpc) is 3.57. The normalized spacial score (nSPS) is 13.1. The molecule has 1 fully saturated rings. The van der Waals surface area contributed by atoms with Gasteiger partial charge in [-0.25, -0.2) is 4.98 Å². The highest BCUT2D eigenvalue weighted by atomic mass is 35.5. The molecule has 0 spiro atoms. The molecule has 0 bridgehead atoms. The van der Waals surface area contributed by atoms with E-state index in [1.54, 1.807) is 23.1 Å². The molecule has 3 aromatic rings. The number of primary amides is 1. The molecule has 0 atom stereocenters. The van der Waals surface area contributed by atoms with E-state index in [1.165, 1.54) is 4.68 Å². The fourth-order valence-corrected chi connectivity index (χ4v) is 4.07. The highest BCUT2D eigenvalue weighted by Crippen LogP contribution is 2.28. The maximum atomic E-state index is 13.2. The van der Waals surface area contributed by atoms with Crippen molar-refractivity contribution in [2.75, 3.05) is 11.9 Å². The van der Waals surface area contributed by atoms with Crippen molar-refractivity contribution in [3.63, 3.8) is 0 Å². The summed E-state index contributed by atoms with van der Waals surface area (Å²) in [6, 6.07) is 10.7. The fourth-order valence-electron chi connectivity index (χ4n) is 3.91. The number of benzene rings is 1. The number of amides is 3. The van der Waals surface area contributed by atoms with Gasteiger partial charge in [0, 0.05) is 11.4 Å². The molecule has 0 aliphatic heterocycles. The van der Waals surface area contributed by atoms with E-state index in [0.717, 1.165) is 37.7 Å². The third-order valence-electron chi connectivity index (χ3n) is 5.76. The van der Waals surface area contributed by atoms with E-state index in [0.29, 0.717) is 16.7 Å². The Morgan fingerprint density at radius 1 is 1.24 bits per heavy atom. The first-order valence-electron chi connectivity index (χ1n) is 11.4. The molecule has 0 saturated heterocycles. The molecule has 1 aromatic carbocycles. The number of carbonyl (C=O) groups is 3. The molecule has 3 N–H and O–H groups in total. The van der Waals surface area contributed by atoms with E-state index in [9.17, 15) is 14.4 Å². The average molecular weight is 483 g/mol. The van der Waals surface area contributed by atoms with Crippen molar-refractivity contribution in [2.24, 2.45) is 5.73 Å². The minimum atomic E-state index is -0.642. The van der Waals surface area contributed by atoms with Gasteiger partial charge in [-0.2, -0.15) is 5.10 Å². The Labute approximate surface area is 202 Å². The van der Waals surface area contributed by atoms with Gasteiger partial charge in [-0.3, -0.25) is 19.1 Å². The van der Waals surface area contributed by atoms with Gasteiger partial charge >= 0.3 is 0 Å². The van der Waals surface area contributed by atoms with Crippen molar-refractivity contribution in [1.82, 2.24) is 19.7 Å². The van der Waals surface area contributed by atoms with E-state index >= 15 is 0 Å². The van der Waals surface area contributed by atoms with Crippen molar-refractivity contribution in [2.45, 2.75) is 51.6 Å². The number of nitrogens with one attached hydrogen (secondary N) is 1. The van der Waals surface area contributed by atoms with Gasteiger partial charge in [-0.15, -0.1) is 0 Å². The van der Waals surface area contributed by atoms with Crippen LogP contribution in [0.15, 0.2) is 36.4 Å². The van der Waals surface area contributed by atoms with Crippen molar-refractivity contribution in [1.29, 1.82) is 0 Å². The van der Waals surface area contributed by atoms with Crippen LogP contribution in [0.1, 0.15) is 48.7 Å². The van der Waals surface area contributed by atoms with Gasteiger partial charge in [0.05, 0.1) is 5.52 Å². The molecule has 10 heteroatoms. The Morgan fingerprint density at radius 2 is 2.03 bits per heavy atom. The van der Waals surface area contributed by atoms with Crippen LogP contribution in [-0.2, 0) is 22.6 Å². The van der Waals surface area contributed by atoms with E-state index in [2.05, 4.69) is 22.3 Å². The number of hydrogen-bond acceptors (Lipinski definition) is 5. The maximum absolute atomic E-state index is 13.2. The number of pyridine rings is 1. The van der Waals surface area contributed by atoms with E-state index in [-0.39, 0.29) is 41.8 Å². The van der Waals surface area contributed by atoms with Crippen molar-refractivity contribution in [3.8, 4) is 0 Å². The Hall–Kier alpha value is -3.46. The lowest BCUT2D eigenvalue weighted by atomic mass is 10.1. The Morgan fingerprint density at radius 3 is 2.71 bits per heavy atom. The van der Waals surface area contributed by atoms with Gasteiger partial charge in [0.25, 0.3) is 5.91 Å². The maximum Gasteiger partial charge on any atom is 0.269 e. The molecule has 4 rings (SSSR count). The summed E-state index contributed by atoms with van der Waals surface area (Å²) in [6.07, 6.45) is 4.66. The molecule has 1 saturated carbocycles. The predicted molar refractivity (Wildman–Crippen MR) is 129 cm³/mol. The highest BCUT2D eigenvalue weighted by molar-refractivity contribution is 6.29. The van der Waals surface area contributed by atoms with Crippen LogP contribution in [0.4, 0.5) is 5.82 Å². The molecule has 3 amide bonds. The standard InChI is InChI=1S/C24H27ClN6O3/c1-2-3-5-15-8-11-18-17(12-15)23(24(26)34)29-31(18)14-22(33)30(16-9-10-16)13-21(32)28-20-7-4-6-19(25)27-20/h4,6-8,11-12,16H,2-3,5,9-10,13-14H2,1H3,(H2,26,34)(H,27,28,32). The lowest BCUT2D eigenvalue weighted by Crippen LogP contribution is -2.41. The molecule has 34 heavy (non-hydrogen) atoms. The third kappa shape index (κ3) is 5.53. The second-order valence-electron chi connectivity index (χ2n) is 8.47. The van der Waals surface area contributed by atoms with Crippen LogP contribution in [-0.4, -0.2) is 50.0 Å². The van der Waals surface area contributed by atoms with E-state index < -0.39 is 5.91 Å². The monoisotopic (exact) mass is 482 g/mol. The van der Waals surface area contributed by atoms with Gasteiger partial charge in [0.2, 0.25) is 11.8 Å². The van der Waals surface area contributed by atoms with Gasteiger partial charge in [-0.1, -0.05) is 37.1 Å². The molecule has 178 valence electrons. The van der Waals surface area contributed by atoms with Crippen LogP contribution in [0, 0.1) is 0 Å². The van der Waals surface area contributed by atoms with Crippen molar-refractivity contribution >= 4 is 46.0 Å². The minimum absolute atomic E-state index is 0.00338. The largest absolute Gasteiger partial charge is 0.364 e. The Kier molecular flexibility index (Phi) is 7.12. The number of aryl methyl sites for hydroxylation is 1. The van der Waals surface area contributed by atoms with Gasteiger partial charge in [0.15, 0.2) is 5.69 Å². The topological polar surface area (TPSA) is 123 Å². The number of fused-ring (bicyclic) bond motifs is 1. The Balaban J connectivity index is 1.52.